The van der Waals surface area contributed by atoms with E-state index in [1.807, 2.05) is 13.8 Å². The molecule has 0 radical (unpaired) electrons. The molecule has 0 aliphatic heterocycles. The van der Waals surface area contributed by atoms with Crippen molar-refractivity contribution in [3.63, 3.8) is 0 Å². The summed E-state index contributed by atoms with van der Waals surface area (Å²) in [5, 5.41) is 12.5. The highest BCUT2D eigenvalue weighted by molar-refractivity contribution is 9.10. The molecular formula is C17H25BrN2O. The minimum Gasteiger partial charge on any atom is -0.493 e. The lowest BCUT2D eigenvalue weighted by Gasteiger charge is -2.19. The van der Waals surface area contributed by atoms with Gasteiger partial charge in [-0.25, -0.2) is 0 Å². The van der Waals surface area contributed by atoms with Crippen LogP contribution in [0.3, 0.4) is 0 Å². The van der Waals surface area contributed by atoms with E-state index in [2.05, 4.69) is 60.2 Å². The number of halogens is 1. The van der Waals surface area contributed by atoms with Gasteiger partial charge in [0.25, 0.3) is 0 Å². The molecule has 0 heterocycles. The number of hydrogen-bond acceptors (Lipinski definition) is 3. The van der Waals surface area contributed by atoms with Crippen LogP contribution in [0.1, 0.15) is 45.2 Å². The topological polar surface area (TPSA) is 45.0 Å². The van der Waals surface area contributed by atoms with Crippen LogP contribution in [0.2, 0.25) is 0 Å². The van der Waals surface area contributed by atoms with E-state index in [-0.39, 0.29) is 5.41 Å². The van der Waals surface area contributed by atoms with Crippen molar-refractivity contribution in [2.45, 2.75) is 53.6 Å². The Morgan fingerprint density at radius 1 is 1.38 bits per heavy atom. The minimum atomic E-state index is -0.348. The zero-order chi connectivity index (χ0) is 16.0. The third-order valence-electron chi connectivity index (χ3n) is 3.29. The van der Waals surface area contributed by atoms with Gasteiger partial charge in [0.15, 0.2) is 0 Å². The molecule has 21 heavy (non-hydrogen) atoms. The van der Waals surface area contributed by atoms with E-state index < -0.39 is 0 Å². The zero-order valence-corrected chi connectivity index (χ0v) is 15.2. The number of aryl methyl sites for hydroxylation is 1. The molecule has 0 saturated carbocycles. The van der Waals surface area contributed by atoms with Crippen LogP contribution in [0, 0.1) is 23.7 Å². The number of nitrogens with zero attached hydrogens (tertiary/aromatic N) is 1. The van der Waals surface area contributed by atoms with Crippen LogP contribution in [0.4, 0.5) is 0 Å². The maximum absolute atomic E-state index is 9.06. The van der Waals surface area contributed by atoms with Crippen LogP contribution in [-0.4, -0.2) is 12.6 Å². The second kappa shape index (κ2) is 7.82. The number of hydrogen-bond donors (Lipinski definition) is 1. The first kappa shape index (κ1) is 18.0. The maximum atomic E-state index is 9.06. The third kappa shape index (κ3) is 6.07. The average molecular weight is 353 g/mol. The van der Waals surface area contributed by atoms with E-state index in [0.717, 1.165) is 34.3 Å². The highest BCUT2D eigenvalue weighted by atomic mass is 79.9. The summed E-state index contributed by atoms with van der Waals surface area (Å²) in [5.74, 6) is 0.931. The van der Waals surface area contributed by atoms with Crippen LogP contribution in [0.15, 0.2) is 16.6 Å². The molecule has 1 N–H and O–H groups in total. The van der Waals surface area contributed by atoms with Crippen LogP contribution in [0.25, 0.3) is 0 Å². The predicted octanol–water partition coefficient (Wildman–Crippen LogP) is 4.57. The predicted molar refractivity (Wildman–Crippen MR) is 90.4 cm³/mol. The van der Waals surface area contributed by atoms with Crippen molar-refractivity contribution in [1.29, 1.82) is 5.26 Å². The van der Waals surface area contributed by atoms with Gasteiger partial charge in [0.1, 0.15) is 5.75 Å². The summed E-state index contributed by atoms with van der Waals surface area (Å²) >= 11 is 3.54. The molecule has 1 aromatic rings. The lowest BCUT2D eigenvalue weighted by atomic mass is 9.92. The van der Waals surface area contributed by atoms with Gasteiger partial charge < -0.3 is 10.1 Å². The Bertz CT molecular complexity index is 518. The second-order valence-electron chi connectivity index (χ2n) is 6.34. The Morgan fingerprint density at radius 3 is 2.62 bits per heavy atom. The summed E-state index contributed by atoms with van der Waals surface area (Å²) in [4.78, 5) is 0. The van der Waals surface area contributed by atoms with Crippen LogP contribution < -0.4 is 10.1 Å². The Hall–Kier alpha value is -1.05. The highest BCUT2D eigenvalue weighted by Gasteiger charge is 2.17. The van der Waals surface area contributed by atoms with Gasteiger partial charge in [0, 0.05) is 22.6 Å². The number of rotatable bonds is 7. The largest absolute Gasteiger partial charge is 0.493 e. The van der Waals surface area contributed by atoms with Gasteiger partial charge in [0.05, 0.1) is 18.1 Å². The Balaban J connectivity index is 2.82. The van der Waals surface area contributed by atoms with Crippen molar-refractivity contribution < 1.29 is 4.74 Å². The first-order valence-electron chi connectivity index (χ1n) is 7.31. The van der Waals surface area contributed by atoms with Crippen molar-refractivity contribution in [2.75, 3.05) is 6.61 Å². The van der Waals surface area contributed by atoms with Crippen LogP contribution in [-0.2, 0) is 6.54 Å². The number of nitrogens with one attached hydrogen (secondary N) is 1. The molecular weight excluding hydrogens is 328 g/mol. The first-order chi connectivity index (χ1) is 9.75. The highest BCUT2D eigenvalue weighted by Crippen LogP contribution is 2.29. The van der Waals surface area contributed by atoms with Gasteiger partial charge in [-0.05, 0) is 44.9 Å². The first-order valence-corrected chi connectivity index (χ1v) is 8.11. The Kier molecular flexibility index (Phi) is 6.70. The molecule has 0 aromatic heterocycles. The normalized spacial score (nSPS) is 11.5. The summed E-state index contributed by atoms with van der Waals surface area (Å²) < 4.78 is 7.04. The molecule has 0 saturated heterocycles. The van der Waals surface area contributed by atoms with Crippen molar-refractivity contribution in [2.24, 2.45) is 5.41 Å². The van der Waals surface area contributed by atoms with Gasteiger partial charge in [0.2, 0.25) is 0 Å². The smallest absolute Gasteiger partial charge is 0.126 e. The summed E-state index contributed by atoms with van der Waals surface area (Å²) in [6.07, 6.45) is 0.718. The van der Waals surface area contributed by atoms with E-state index in [1.165, 1.54) is 0 Å². The summed E-state index contributed by atoms with van der Waals surface area (Å²) in [6, 6.07) is 6.88. The molecule has 3 nitrogen and oxygen atoms in total. The molecule has 0 atom stereocenters. The van der Waals surface area contributed by atoms with Gasteiger partial charge in [-0.2, -0.15) is 5.26 Å². The molecule has 1 rings (SSSR count). The second-order valence-corrected chi connectivity index (χ2v) is 7.26. The van der Waals surface area contributed by atoms with Crippen LogP contribution >= 0.6 is 15.9 Å². The number of ether oxygens (including phenoxy) is 1. The standard InChI is InChI=1S/C17H25BrN2O/c1-12(2)20-10-14-9-15(18)8-13(3)16(14)21-7-6-17(4,5)11-19/h8-9,12,20H,6-7,10H2,1-5H3. The monoisotopic (exact) mass is 352 g/mol. The van der Waals surface area contributed by atoms with Crippen molar-refractivity contribution in [3.05, 3.63) is 27.7 Å². The Morgan fingerprint density at radius 2 is 2.05 bits per heavy atom. The van der Waals surface area contributed by atoms with E-state index in [4.69, 9.17) is 10.00 Å². The summed E-state index contributed by atoms with van der Waals surface area (Å²) in [7, 11) is 0. The molecule has 0 amide bonds. The van der Waals surface area contributed by atoms with Gasteiger partial charge in [-0.1, -0.05) is 29.8 Å². The summed E-state index contributed by atoms with van der Waals surface area (Å²) in [5.41, 5.74) is 1.91. The van der Waals surface area contributed by atoms with Crippen molar-refractivity contribution in [1.82, 2.24) is 5.32 Å². The van der Waals surface area contributed by atoms with E-state index in [1.54, 1.807) is 0 Å². The molecule has 0 spiro atoms. The average Bonchev–Trinajstić information content (AvgIpc) is 2.38. The Labute approximate surface area is 136 Å². The van der Waals surface area contributed by atoms with Crippen molar-refractivity contribution >= 4 is 15.9 Å². The lowest BCUT2D eigenvalue weighted by Crippen LogP contribution is -2.22. The fourth-order valence-electron chi connectivity index (χ4n) is 1.92. The maximum Gasteiger partial charge on any atom is 0.126 e. The molecule has 4 heteroatoms. The van der Waals surface area contributed by atoms with Gasteiger partial charge >= 0.3 is 0 Å². The molecule has 1 aromatic carbocycles. The van der Waals surface area contributed by atoms with Gasteiger partial charge in [-0.15, -0.1) is 0 Å². The van der Waals surface area contributed by atoms with E-state index in [9.17, 15) is 0 Å². The summed E-state index contributed by atoms with van der Waals surface area (Å²) in [6.45, 7) is 11.5. The fourth-order valence-corrected chi connectivity index (χ4v) is 2.54. The quantitative estimate of drug-likeness (QED) is 0.781. The zero-order valence-electron chi connectivity index (χ0n) is 13.6. The molecule has 0 aliphatic carbocycles. The lowest BCUT2D eigenvalue weighted by molar-refractivity contribution is 0.260. The molecule has 0 bridgehead atoms. The van der Waals surface area contributed by atoms with E-state index >= 15 is 0 Å². The molecule has 0 fully saturated rings. The van der Waals surface area contributed by atoms with Crippen molar-refractivity contribution in [3.8, 4) is 11.8 Å². The van der Waals surface area contributed by atoms with Crippen LogP contribution in [0.5, 0.6) is 5.75 Å². The minimum absolute atomic E-state index is 0.348. The molecule has 0 aliphatic rings. The van der Waals surface area contributed by atoms with E-state index in [0.29, 0.717) is 12.6 Å². The molecule has 0 unspecified atom stereocenters. The number of nitriles is 1. The SMILES string of the molecule is Cc1cc(Br)cc(CNC(C)C)c1OCCC(C)(C)C#N. The number of benzene rings is 1. The fraction of sp³-hybridized carbons (Fsp3) is 0.588. The third-order valence-corrected chi connectivity index (χ3v) is 3.75. The van der Waals surface area contributed by atoms with Gasteiger partial charge in [-0.3, -0.25) is 0 Å². The molecule has 116 valence electrons.